The second-order valence-electron chi connectivity index (χ2n) is 8.03. The molecule has 4 rings (SSSR count). The number of nitrogens with one attached hydrogen (secondary N) is 2. The molecule has 0 bridgehead atoms. The Morgan fingerprint density at radius 3 is 2.47 bits per heavy atom. The van der Waals surface area contributed by atoms with E-state index in [9.17, 15) is 17.6 Å². The van der Waals surface area contributed by atoms with Crippen LogP contribution in [0.1, 0.15) is 15.9 Å². The third-order valence-corrected chi connectivity index (χ3v) is 6.88. The molecule has 1 fully saturated rings. The van der Waals surface area contributed by atoms with Gasteiger partial charge in [-0.2, -0.15) is 0 Å². The zero-order valence-electron chi connectivity index (χ0n) is 18.5. The maximum atomic E-state index is 13.2. The topological polar surface area (TPSA) is 87.7 Å². The summed E-state index contributed by atoms with van der Waals surface area (Å²) in [5.41, 5.74) is 1.54. The van der Waals surface area contributed by atoms with E-state index in [2.05, 4.69) is 27.1 Å². The molecular weight excluding hydrogens is 457 g/mol. The van der Waals surface area contributed by atoms with Crippen LogP contribution in [0.25, 0.3) is 0 Å². The van der Waals surface area contributed by atoms with Crippen molar-refractivity contribution in [2.45, 2.75) is 17.5 Å². The number of rotatable bonds is 8. The Kier molecular flexibility index (Phi) is 7.56. The van der Waals surface area contributed by atoms with Crippen LogP contribution in [0.15, 0.2) is 83.8 Å². The Bertz CT molecular complexity index is 1220. The van der Waals surface area contributed by atoms with Gasteiger partial charge in [-0.25, -0.2) is 12.8 Å². The lowest BCUT2D eigenvalue weighted by atomic mass is 10.1. The molecular formula is C25H26FN3O4S. The van der Waals surface area contributed by atoms with Gasteiger partial charge in [-0.15, -0.1) is 0 Å². The van der Waals surface area contributed by atoms with Crippen molar-refractivity contribution in [3.8, 4) is 0 Å². The second-order valence-corrected chi connectivity index (χ2v) is 9.71. The van der Waals surface area contributed by atoms with Crippen molar-refractivity contribution in [3.63, 3.8) is 0 Å². The number of sulfonamides is 1. The zero-order valence-corrected chi connectivity index (χ0v) is 19.3. The zero-order chi connectivity index (χ0) is 24.0. The van der Waals surface area contributed by atoms with E-state index in [4.69, 9.17) is 4.74 Å². The first-order chi connectivity index (χ1) is 16.4. The van der Waals surface area contributed by atoms with Gasteiger partial charge in [0.1, 0.15) is 5.82 Å². The molecule has 1 aliphatic heterocycles. The monoisotopic (exact) mass is 483 g/mol. The molecule has 34 heavy (non-hydrogen) atoms. The second kappa shape index (κ2) is 10.8. The summed E-state index contributed by atoms with van der Waals surface area (Å²) < 4.78 is 46.8. The van der Waals surface area contributed by atoms with Crippen molar-refractivity contribution >= 4 is 21.6 Å². The van der Waals surface area contributed by atoms with Crippen molar-refractivity contribution in [2.24, 2.45) is 0 Å². The van der Waals surface area contributed by atoms with Crippen LogP contribution in [0, 0.1) is 5.82 Å². The average Bonchev–Trinajstić information content (AvgIpc) is 2.84. The van der Waals surface area contributed by atoms with Gasteiger partial charge in [-0.3, -0.25) is 14.4 Å². The molecule has 0 aromatic heterocycles. The minimum Gasteiger partial charge on any atom is -0.374 e. The third kappa shape index (κ3) is 6.19. The quantitative estimate of drug-likeness (QED) is 0.514. The van der Waals surface area contributed by atoms with E-state index in [0.29, 0.717) is 19.7 Å². The van der Waals surface area contributed by atoms with Gasteiger partial charge in [0.05, 0.1) is 28.9 Å². The summed E-state index contributed by atoms with van der Waals surface area (Å²) in [6, 6.07) is 21.0. The predicted octanol–water partition coefficient (Wildman–Crippen LogP) is 3.26. The van der Waals surface area contributed by atoms with E-state index in [-0.39, 0.29) is 22.3 Å². The van der Waals surface area contributed by atoms with Crippen molar-refractivity contribution in [2.75, 3.05) is 31.0 Å². The summed E-state index contributed by atoms with van der Waals surface area (Å²) in [6.07, 6.45) is -0.176. The Morgan fingerprint density at radius 2 is 1.71 bits per heavy atom. The molecule has 1 heterocycles. The minimum atomic E-state index is -3.99. The molecule has 0 aliphatic carbocycles. The van der Waals surface area contributed by atoms with E-state index < -0.39 is 21.7 Å². The molecule has 1 saturated heterocycles. The maximum Gasteiger partial charge on any atom is 0.261 e. The first-order valence-corrected chi connectivity index (χ1v) is 12.4. The number of hydrogen-bond donors (Lipinski definition) is 2. The van der Waals surface area contributed by atoms with Crippen LogP contribution < -0.4 is 10.0 Å². The highest BCUT2D eigenvalue weighted by atomic mass is 32.2. The summed E-state index contributed by atoms with van der Waals surface area (Å²) in [4.78, 5) is 15.1. The van der Waals surface area contributed by atoms with E-state index >= 15 is 0 Å². The first-order valence-electron chi connectivity index (χ1n) is 10.9. The van der Waals surface area contributed by atoms with Gasteiger partial charge in [0.15, 0.2) is 0 Å². The highest BCUT2D eigenvalue weighted by Crippen LogP contribution is 2.20. The number of morpholine rings is 1. The number of halogens is 1. The predicted molar refractivity (Wildman–Crippen MR) is 127 cm³/mol. The van der Waals surface area contributed by atoms with Crippen LogP contribution >= 0.6 is 0 Å². The number of benzene rings is 3. The third-order valence-electron chi connectivity index (χ3n) is 5.50. The van der Waals surface area contributed by atoms with Gasteiger partial charge in [0.2, 0.25) is 0 Å². The van der Waals surface area contributed by atoms with Crippen molar-refractivity contribution in [3.05, 3.63) is 95.8 Å². The molecule has 0 saturated carbocycles. The summed E-state index contributed by atoms with van der Waals surface area (Å²) >= 11 is 0. The number of amides is 1. The van der Waals surface area contributed by atoms with Gasteiger partial charge in [0.25, 0.3) is 15.9 Å². The fraction of sp³-hybridized carbons (Fsp3) is 0.240. The average molecular weight is 484 g/mol. The first kappa shape index (κ1) is 23.9. The Morgan fingerprint density at radius 1 is 1.00 bits per heavy atom. The number of para-hydroxylation sites is 1. The molecule has 3 aromatic rings. The van der Waals surface area contributed by atoms with Crippen LogP contribution in [-0.2, 0) is 21.3 Å². The molecule has 0 radical (unpaired) electrons. The van der Waals surface area contributed by atoms with Crippen molar-refractivity contribution in [1.82, 2.24) is 10.2 Å². The van der Waals surface area contributed by atoms with E-state index in [1.54, 1.807) is 18.2 Å². The molecule has 1 aliphatic rings. The smallest absolute Gasteiger partial charge is 0.261 e. The van der Waals surface area contributed by atoms with Crippen molar-refractivity contribution < 1.29 is 22.3 Å². The van der Waals surface area contributed by atoms with Gasteiger partial charge in [-0.1, -0.05) is 42.5 Å². The van der Waals surface area contributed by atoms with Crippen LogP contribution in [-0.4, -0.2) is 51.6 Å². The van der Waals surface area contributed by atoms with E-state index in [0.717, 1.165) is 25.2 Å². The normalized spacial score (nSPS) is 16.7. The molecule has 9 heteroatoms. The van der Waals surface area contributed by atoms with Crippen LogP contribution in [0.3, 0.4) is 0 Å². The Hall–Kier alpha value is -3.27. The fourth-order valence-electron chi connectivity index (χ4n) is 3.78. The highest BCUT2D eigenvalue weighted by Gasteiger charge is 2.23. The summed E-state index contributed by atoms with van der Waals surface area (Å²) in [5, 5.41) is 2.85. The van der Waals surface area contributed by atoms with Crippen LogP contribution in [0.2, 0.25) is 0 Å². The molecule has 1 atom stereocenters. The standard InChI is InChI=1S/C25H26FN3O4S/c26-20-10-12-22(13-11-20)34(31,32)28-24-9-5-4-8-23(24)25(30)27-16-21-18-29(14-15-33-21)17-19-6-2-1-3-7-19/h1-13,21,28H,14-18H2,(H,27,30). The van der Waals surface area contributed by atoms with Gasteiger partial charge < -0.3 is 10.1 Å². The highest BCUT2D eigenvalue weighted by molar-refractivity contribution is 7.92. The van der Waals surface area contributed by atoms with Crippen LogP contribution in [0.5, 0.6) is 0 Å². The molecule has 3 aromatic carbocycles. The SMILES string of the molecule is O=C(NCC1CN(Cc2ccccc2)CCO1)c1ccccc1NS(=O)(=O)c1ccc(F)cc1. The van der Waals surface area contributed by atoms with Gasteiger partial charge in [0, 0.05) is 26.2 Å². The van der Waals surface area contributed by atoms with E-state index in [1.165, 1.54) is 23.8 Å². The summed E-state index contributed by atoms with van der Waals surface area (Å²) in [6.45, 7) is 3.16. The number of anilines is 1. The van der Waals surface area contributed by atoms with Crippen molar-refractivity contribution in [1.29, 1.82) is 0 Å². The Labute approximate surface area is 198 Å². The molecule has 1 amide bonds. The van der Waals surface area contributed by atoms with E-state index in [1.807, 2.05) is 18.2 Å². The lowest BCUT2D eigenvalue weighted by molar-refractivity contribution is -0.0292. The molecule has 0 spiro atoms. The lowest BCUT2D eigenvalue weighted by Gasteiger charge is -2.33. The molecule has 7 nitrogen and oxygen atoms in total. The number of nitrogens with zero attached hydrogens (tertiary/aromatic N) is 1. The number of ether oxygens (including phenoxy) is 1. The minimum absolute atomic E-state index is 0.0989. The van der Waals surface area contributed by atoms with Gasteiger partial charge >= 0.3 is 0 Å². The molecule has 178 valence electrons. The Balaban J connectivity index is 1.37. The summed E-state index contributed by atoms with van der Waals surface area (Å²) in [5.74, 6) is -0.952. The number of hydrogen-bond acceptors (Lipinski definition) is 5. The largest absolute Gasteiger partial charge is 0.374 e. The van der Waals surface area contributed by atoms with Crippen LogP contribution in [0.4, 0.5) is 10.1 Å². The number of carbonyl (C=O) groups is 1. The maximum absolute atomic E-state index is 13.2. The lowest BCUT2D eigenvalue weighted by Crippen LogP contribution is -2.47. The molecule has 2 N–H and O–H groups in total. The summed E-state index contributed by atoms with van der Waals surface area (Å²) in [7, 11) is -3.99. The fourth-order valence-corrected chi connectivity index (χ4v) is 4.86. The molecule has 1 unspecified atom stereocenters. The van der Waals surface area contributed by atoms with Gasteiger partial charge in [-0.05, 0) is 42.0 Å². The number of carbonyl (C=O) groups excluding carboxylic acids is 1.